The minimum Gasteiger partial charge on any atom is -0.368 e. The van der Waals surface area contributed by atoms with Gasteiger partial charge in [-0.1, -0.05) is 33.2 Å². The van der Waals surface area contributed by atoms with Gasteiger partial charge >= 0.3 is 5.76 Å². The molecule has 0 fully saturated rings. The van der Waals surface area contributed by atoms with Gasteiger partial charge in [-0.05, 0) is 12.1 Å². The molecule has 3 rings (SSSR count). The average molecular weight is 364 g/mol. The van der Waals surface area contributed by atoms with E-state index in [1.165, 1.54) is 4.57 Å². The van der Waals surface area contributed by atoms with Gasteiger partial charge < -0.3 is 11.5 Å². The number of rotatable bonds is 3. The van der Waals surface area contributed by atoms with Crippen molar-refractivity contribution < 1.29 is 4.52 Å². The monoisotopic (exact) mass is 363 g/mol. The number of hydrogen-bond donors (Lipinski definition) is 2. The molecule has 0 radical (unpaired) electrons. The molecule has 0 aliphatic rings. The van der Waals surface area contributed by atoms with Gasteiger partial charge in [0.1, 0.15) is 0 Å². The summed E-state index contributed by atoms with van der Waals surface area (Å²) in [7, 11) is 0. The molecule has 4 N–H and O–H groups in total. The van der Waals surface area contributed by atoms with Crippen LogP contribution in [0.1, 0.15) is 5.82 Å². The maximum absolute atomic E-state index is 11.9. The van der Waals surface area contributed by atoms with E-state index < -0.39 is 5.76 Å². The molecule has 2 aromatic heterocycles. The summed E-state index contributed by atoms with van der Waals surface area (Å²) in [6, 6.07) is 7.29. The minimum atomic E-state index is -0.632. The first-order valence-corrected chi connectivity index (χ1v) is 6.90. The summed E-state index contributed by atoms with van der Waals surface area (Å²) >= 11 is 3.36. The Morgan fingerprint density at radius 1 is 1.18 bits per heavy atom. The van der Waals surface area contributed by atoms with Crippen LogP contribution in [0.4, 0.5) is 11.9 Å². The molecule has 0 atom stereocenters. The van der Waals surface area contributed by atoms with E-state index in [1.54, 1.807) is 6.07 Å². The van der Waals surface area contributed by atoms with Crippen molar-refractivity contribution in [1.82, 2.24) is 24.7 Å². The van der Waals surface area contributed by atoms with Crippen LogP contribution in [-0.2, 0) is 6.54 Å². The number of nitrogens with two attached hydrogens (primary N) is 2. The van der Waals surface area contributed by atoms with E-state index in [-0.39, 0.29) is 24.3 Å². The second kappa shape index (κ2) is 5.56. The smallest absolute Gasteiger partial charge is 0.368 e. The molecule has 9 nitrogen and oxygen atoms in total. The fourth-order valence-electron chi connectivity index (χ4n) is 1.91. The van der Waals surface area contributed by atoms with Crippen LogP contribution >= 0.6 is 15.9 Å². The zero-order chi connectivity index (χ0) is 15.7. The number of nitrogens with zero attached hydrogens (tertiary/aromatic N) is 5. The lowest BCUT2D eigenvalue weighted by atomic mass is 10.2. The van der Waals surface area contributed by atoms with Gasteiger partial charge in [-0.25, -0.2) is 9.36 Å². The number of anilines is 2. The van der Waals surface area contributed by atoms with Crippen LogP contribution in [0, 0.1) is 0 Å². The average Bonchev–Trinajstić information content (AvgIpc) is 2.79. The number of halogens is 1. The molecule has 0 unspecified atom stereocenters. The summed E-state index contributed by atoms with van der Waals surface area (Å²) in [6.45, 7) is 0.0150. The van der Waals surface area contributed by atoms with Crippen molar-refractivity contribution in [3.05, 3.63) is 45.1 Å². The summed E-state index contributed by atoms with van der Waals surface area (Å²) < 4.78 is 6.87. The molecule has 0 saturated carbocycles. The molecule has 0 amide bonds. The van der Waals surface area contributed by atoms with Gasteiger partial charge in [0.15, 0.2) is 11.6 Å². The maximum Gasteiger partial charge on any atom is 0.442 e. The van der Waals surface area contributed by atoms with Gasteiger partial charge in [-0.3, -0.25) is 4.52 Å². The Morgan fingerprint density at radius 3 is 2.59 bits per heavy atom. The van der Waals surface area contributed by atoms with Gasteiger partial charge in [-0.2, -0.15) is 15.0 Å². The summed E-state index contributed by atoms with van der Waals surface area (Å²) in [6.07, 6.45) is 0. The summed E-state index contributed by atoms with van der Waals surface area (Å²) in [5.74, 6) is -0.0741. The Bertz CT molecular complexity index is 869. The van der Waals surface area contributed by atoms with E-state index >= 15 is 0 Å². The second-order valence-electron chi connectivity index (χ2n) is 4.34. The third-order valence-electron chi connectivity index (χ3n) is 2.78. The van der Waals surface area contributed by atoms with E-state index in [0.29, 0.717) is 11.4 Å². The first-order valence-electron chi connectivity index (χ1n) is 6.11. The highest BCUT2D eigenvalue weighted by molar-refractivity contribution is 9.10. The molecular formula is C12H10BrN7O2. The molecule has 1 aromatic carbocycles. The van der Waals surface area contributed by atoms with Crippen LogP contribution < -0.4 is 17.2 Å². The fourth-order valence-corrected chi connectivity index (χ4v) is 2.31. The molecule has 22 heavy (non-hydrogen) atoms. The Labute approximate surface area is 132 Å². The van der Waals surface area contributed by atoms with E-state index in [4.69, 9.17) is 16.0 Å². The molecule has 0 aliphatic heterocycles. The van der Waals surface area contributed by atoms with Crippen LogP contribution in [0.5, 0.6) is 0 Å². The van der Waals surface area contributed by atoms with Crippen LogP contribution in [0.25, 0.3) is 11.4 Å². The first kappa shape index (κ1) is 14.2. The lowest BCUT2D eigenvalue weighted by molar-refractivity contribution is 0.377. The number of aromatic nitrogens is 5. The highest BCUT2D eigenvalue weighted by Crippen LogP contribution is 2.20. The summed E-state index contributed by atoms with van der Waals surface area (Å²) in [5, 5.41) is 3.79. The standard InChI is InChI=1S/C12H10BrN7O2/c13-7-3-1-2-6(4-7)9-19-22-12(21)20(9)5-8-16-10(14)18-11(15)17-8/h1-4H,5H2,(H4,14,15,16,17,18). The van der Waals surface area contributed by atoms with Crippen LogP contribution in [0.2, 0.25) is 0 Å². The third kappa shape index (κ3) is 2.81. The zero-order valence-electron chi connectivity index (χ0n) is 11.1. The molecule has 0 spiro atoms. The van der Waals surface area contributed by atoms with Crippen LogP contribution in [-0.4, -0.2) is 24.7 Å². The number of benzene rings is 1. The van der Waals surface area contributed by atoms with Crippen LogP contribution in [0.3, 0.4) is 0 Å². The van der Waals surface area contributed by atoms with E-state index in [1.807, 2.05) is 18.2 Å². The molecule has 0 aliphatic carbocycles. The SMILES string of the molecule is Nc1nc(N)nc(Cn2c(-c3cccc(Br)c3)noc2=O)n1. The number of nitrogen functional groups attached to an aromatic ring is 2. The van der Waals surface area contributed by atoms with Crippen molar-refractivity contribution in [3.63, 3.8) is 0 Å². The van der Waals surface area contributed by atoms with Crippen molar-refractivity contribution in [2.45, 2.75) is 6.54 Å². The van der Waals surface area contributed by atoms with E-state index in [0.717, 1.165) is 4.47 Å². The van der Waals surface area contributed by atoms with Gasteiger partial charge in [-0.15, -0.1) is 0 Å². The molecule has 0 bridgehead atoms. The lowest BCUT2D eigenvalue weighted by Crippen LogP contribution is -2.19. The Morgan fingerprint density at radius 2 is 1.91 bits per heavy atom. The van der Waals surface area contributed by atoms with Crippen molar-refractivity contribution in [3.8, 4) is 11.4 Å². The molecule has 2 heterocycles. The van der Waals surface area contributed by atoms with Gasteiger partial charge in [0.05, 0.1) is 6.54 Å². The summed E-state index contributed by atoms with van der Waals surface area (Å²) in [4.78, 5) is 23.4. The Balaban J connectivity index is 2.04. The molecule has 0 saturated heterocycles. The summed E-state index contributed by atoms with van der Waals surface area (Å²) in [5.41, 5.74) is 11.7. The van der Waals surface area contributed by atoms with Crippen molar-refractivity contribution in [1.29, 1.82) is 0 Å². The lowest BCUT2D eigenvalue weighted by Gasteiger charge is -2.05. The van der Waals surface area contributed by atoms with E-state index in [9.17, 15) is 4.79 Å². The van der Waals surface area contributed by atoms with E-state index in [2.05, 4.69) is 36.0 Å². The van der Waals surface area contributed by atoms with Gasteiger partial charge in [0.2, 0.25) is 11.9 Å². The largest absolute Gasteiger partial charge is 0.442 e. The van der Waals surface area contributed by atoms with Gasteiger partial charge in [0.25, 0.3) is 0 Å². The molecular weight excluding hydrogens is 354 g/mol. The molecule has 112 valence electrons. The van der Waals surface area contributed by atoms with Crippen molar-refractivity contribution >= 4 is 27.8 Å². The normalized spacial score (nSPS) is 10.8. The van der Waals surface area contributed by atoms with Crippen LogP contribution in [0.15, 0.2) is 38.1 Å². The Hall–Kier alpha value is -2.75. The Kier molecular flexibility index (Phi) is 3.59. The number of hydrogen-bond acceptors (Lipinski definition) is 8. The third-order valence-corrected chi connectivity index (χ3v) is 3.28. The second-order valence-corrected chi connectivity index (χ2v) is 5.25. The maximum atomic E-state index is 11.9. The van der Waals surface area contributed by atoms with Crippen molar-refractivity contribution in [2.75, 3.05) is 11.5 Å². The fraction of sp³-hybridized carbons (Fsp3) is 0.0833. The topological polar surface area (TPSA) is 139 Å². The quantitative estimate of drug-likeness (QED) is 0.691. The highest BCUT2D eigenvalue weighted by atomic mass is 79.9. The predicted octanol–water partition coefficient (Wildman–Crippen LogP) is 0.663. The first-order chi connectivity index (χ1) is 10.5. The molecule has 10 heteroatoms. The van der Waals surface area contributed by atoms with Gasteiger partial charge in [0, 0.05) is 10.0 Å². The highest BCUT2D eigenvalue weighted by Gasteiger charge is 2.15. The minimum absolute atomic E-state index is 0.0150. The zero-order valence-corrected chi connectivity index (χ0v) is 12.7. The predicted molar refractivity (Wildman–Crippen MR) is 81.7 cm³/mol. The molecule has 3 aromatic rings. The van der Waals surface area contributed by atoms with Crippen molar-refractivity contribution in [2.24, 2.45) is 0 Å².